The van der Waals surface area contributed by atoms with Crippen molar-refractivity contribution in [2.24, 2.45) is 0 Å². The second kappa shape index (κ2) is 10.2. The molecule has 0 rings (SSSR count). The van der Waals surface area contributed by atoms with Gasteiger partial charge < -0.3 is 0 Å². The van der Waals surface area contributed by atoms with Crippen LogP contribution in [0.25, 0.3) is 0 Å². The number of allylic oxidation sites excluding steroid dienone is 3. The standard InChI is InChI=1S/C12H22N2/c1-4-7-10-13-14(11-8-5-2)12-9-6-3/h4-9,13H,10-12H2,1-3H3. The summed E-state index contributed by atoms with van der Waals surface area (Å²) < 4.78 is 0. The largest absolute Gasteiger partial charge is 0.251 e. The molecule has 0 aliphatic rings. The van der Waals surface area contributed by atoms with Gasteiger partial charge in [0.05, 0.1) is 0 Å². The summed E-state index contributed by atoms with van der Waals surface area (Å²) in [6.07, 6.45) is 12.6. The highest BCUT2D eigenvalue weighted by molar-refractivity contribution is 4.87. The van der Waals surface area contributed by atoms with Gasteiger partial charge in [-0.15, -0.1) is 0 Å². The first-order valence-electron chi connectivity index (χ1n) is 5.17. The van der Waals surface area contributed by atoms with Crippen molar-refractivity contribution in [1.82, 2.24) is 10.4 Å². The molecule has 0 heterocycles. The fraction of sp³-hybridized carbons (Fsp3) is 0.500. The van der Waals surface area contributed by atoms with Crippen molar-refractivity contribution in [3.63, 3.8) is 0 Å². The molecule has 14 heavy (non-hydrogen) atoms. The summed E-state index contributed by atoms with van der Waals surface area (Å²) in [5.74, 6) is 0. The van der Waals surface area contributed by atoms with Gasteiger partial charge in [-0.25, -0.2) is 5.01 Å². The Balaban J connectivity index is 3.83. The van der Waals surface area contributed by atoms with E-state index >= 15 is 0 Å². The summed E-state index contributed by atoms with van der Waals surface area (Å²) in [6.45, 7) is 8.89. The number of hydrogen-bond donors (Lipinski definition) is 1. The second-order valence-electron chi connectivity index (χ2n) is 2.97. The van der Waals surface area contributed by atoms with Gasteiger partial charge in [0.2, 0.25) is 0 Å². The average molecular weight is 194 g/mol. The van der Waals surface area contributed by atoms with E-state index in [2.05, 4.69) is 46.9 Å². The monoisotopic (exact) mass is 194 g/mol. The van der Waals surface area contributed by atoms with E-state index < -0.39 is 0 Å². The third kappa shape index (κ3) is 7.77. The van der Waals surface area contributed by atoms with Crippen molar-refractivity contribution >= 4 is 0 Å². The molecule has 80 valence electrons. The SMILES string of the molecule is CC=CCNN(CC=CC)CC=CC. The smallest absolute Gasteiger partial charge is 0.0315 e. The van der Waals surface area contributed by atoms with E-state index in [0.717, 1.165) is 19.6 Å². The first-order chi connectivity index (χ1) is 6.85. The van der Waals surface area contributed by atoms with Gasteiger partial charge in [0, 0.05) is 19.6 Å². The molecular weight excluding hydrogens is 172 g/mol. The highest BCUT2D eigenvalue weighted by atomic mass is 15.5. The third-order valence-corrected chi connectivity index (χ3v) is 1.79. The number of nitrogens with one attached hydrogen (secondary N) is 1. The Morgan fingerprint density at radius 3 is 1.79 bits per heavy atom. The second-order valence-corrected chi connectivity index (χ2v) is 2.97. The van der Waals surface area contributed by atoms with Gasteiger partial charge in [0.25, 0.3) is 0 Å². The molecule has 0 atom stereocenters. The Morgan fingerprint density at radius 2 is 1.36 bits per heavy atom. The van der Waals surface area contributed by atoms with Crippen molar-refractivity contribution in [3.05, 3.63) is 36.5 Å². The van der Waals surface area contributed by atoms with Crippen LogP contribution in [0.15, 0.2) is 36.5 Å². The normalized spacial score (nSPS) is 12.9. The van der Waals surface area contributed by atoms with E-state index in [9.17, 15) is 0 Å². The van der Waals surface area contributed by atoms with Gasteiger partial charge in [0.1, 0.15) is 0 Å². The Hall–Kier alpha value is -0.860. The van der Waals surface area contributed by atoms with Gasteiger partial charge in [-0.1, -0.05) is 36.5 Å². The van der Waals surface area contributed by atoms with Crippen LogP contribution < -0.4 is 5.43 Å². The van der Waals surface area contributed by atoms with Crippen LogP contribution in [0.4, 0.5) is 0 Å². The van der Waals surface area contributed by atoms with Crippen LogP contribution in [-0.2, 0) is 0 Å². The maximum atomic E-state index is 3.33. The van der Waals surface area contributed by atoms with Gasteiger partial charge in [-0.3, -0.25) is 5.43 Å². The molecule has 0 unspecified atom stereocenters. The Labute approximate surface area is 88.0 Å². The van der Waals surface area contributed by atoms with Gasteiger partial charge in [-0.2, -0.15) is 0 Å². The van der Waals surface area contributed by atoms with Crippen molar-refractivity contribution in [2.45, 2.75) is 20.8 Å². The molecule has 0 aliphatic heterocycles. The highest BCUT2D eigenvalue weighted by Crippen LogP contribution is 1.86. The van der Waals surface area contributed by atoms with Crippen molar-refractivity contribution in [1.29, 1.82) is 0 Å². The molecule has 0 bridgehead atoms. The van der Waals surface area contributed by atoms with E-state index in [4.69, 9.17) is 0 Å². The van der Waals surface area contributed by atoms with Crippen LogP contribution in [0.5, 0.6) is 0 Å². The number of hydrogen-bond acceptors (Lipinski definition) is 2. The van der Waals surface area contributed by atoms with E-state index in [-0.39, 0.29) is 0 Å². The molecule has 0 aromatic rings. The summed E-state index contributed by atoms with van der Waals surface area (Å²) in [5.41, 5.74) is 3.33. The van der Waals surface area contributed by atoms with Crippen LogP contribution in [0.1, 0.15) is 20.8 Å². The van der Waals surface area contributed by atoms with Crippen LogP contribution >= 0.6 is 0 Å². The zero-order valence-electron chi connectivity index (χ0n) is 9.53. The Bertz CT molecular complexity index is 178. The van der Waals surface area contributed by atoms with Crippen LogP contribution in [-0.4, -0.2) is 24.6 Å². The molecule has 0 fully saturated rings. The predicted octanol–water partition coefficient (Wildman–Crippen LogP) is 2.52. The third-order valence-electron chi connectivity index (χ3n) is 1.79. The van der Waals surface area contributed by atoms with Crippen LogP contribution in [0.2, 0.25) is 0 Å². The zero-order valence-corrected chi connectivity index (χ0v) is 9.53. The lowest BCUT2D eigenvalue weighted by molar-refractivity contribution is 0.245. The molecule has 0 aliphatic carbocycles. The molecule has 0 amide bonds. The summed E-state index contributed by atoms with van der Waals surface area (Å²) in [7, 11) is 0. The van der Waals surface area contributed by atoms with Gasteiger partial charge >= 0.3 is 0 Å². The van der Waals surface area contributed by atoms with E-state index in [1.807, 2.05) is 20.8 Å². The summed E-state index contributed by atoms with van der Waals surface area (Å²) in [4.78, 5) is 0. The minimum Gasteiger partial charge on any atom is -0.251 e. The fourth-order valence-electron chi connectivity index (χ4n) is 0.969. The van der Waals surface area contributed by atoms with E-state index in [1.54, 1.807) is 0 Å². The maximum absolute atomic E-state index is 3.33. The van der Waals surface area contributed by atoms with Gasteiger partial charge in [-0.05, 0) is 20.8 Å². The first kappa shape index (κ1) is 13.1. The zero-order chi connectivity index (χ0) is 10.6. The lowest BCUT2D eigenvalue weighted by atomic mass is 10.4. The molecule has 0 spiro atoms. The molecule has 0 saturated heterocycles. The summed E-state index contributed by atoms with van der Waals surface area (Å²) in [6, 6.07) is 0. The molecule has 0 aromatic carbocycles. The van der Waals surface area contributed by atoms with E-state index in [0.29, 0.717) is 0 Å². The van der Waals surface area contributed by atoms with E-state index in [1.165, 1.54) is 0 Å². The molecule has 0 radical (unpaired) electrons. The highest BCUT2D eigenvalue weighted by Gasteiger charge is 1.96. The van der Waals surface area contributed by atoms with Gasteiger partial charge in [0.15, 0.2) is 0 Å². The van der Waals surface area contributed by atoms with Crippen LogP contribution in [0.3, 0.4) is 0 Å². The quantitative estimate of drug-likeness (QED) is 0.495. The first-order valence-corrected chi connectivity index (χ1v) is 5.17. The average Bonchev–Trinajstić information content (AvgIpc) is 2.21. The van der Waals surface area contributed by atoms with Crippen molar-refractivity contribution in [2.75, 3.05) is 19.6 Å². The predicted molar refractivity (Wildman–Crippen MR) is 64.0 cm³/mol. The van der Waals surface area contributed by atoms with Crippen molar-refractivity contribution in [3.8, 4) is 0 Å². The maximum Gasteiger partial charge on any atom is 0.0315 e. The number of rotatable bonds is 7. The topological polar surface area (TPSA) is 15.3 Å². The molecule has 2 nitrogen and oxygen atoms in total. The Kier molecular flexibility index (Phi) is 9.59. The minimum atomic E-state index is 0.894. The van der Waals surface area contributed by atoms with Crippen LogP contribution in [0, 0.1) is 0 Å². The Morgan fingerprint density at radius 1 is 0.857 bits per heavy atom. The van der Waals surface area contributed by atoms with Crippen molar-refractivity contribution < 1.29 is 0 Å². The molecule has 0 aromatic heterocycles. The summed E-state index contributed by atoms with van der Waals surface area (Å²) in [5, 5.41) is 2.18. The number of hydrazine groups is 1. The lowest BCUT2D eigenvalue weighted by Crippen LogP contribution is -2.38. The molecule has 1 N–H and O–H groups in total. The lowest BCUT2D eigenvalue weighted by Gasteiger charge is -2.19. The summed E-state index contributed by atoms with van der Waals surface area (Å²) >= 11 is 0. The number of nitrogens with zero attached hydrogens (tertiary/aromatic N) is 1. The molecular formula is C12H22N2. The fourth-order valence-corrected chi connectivity index (χ4v) is 0.969. The minimum absolute atomic E-state index is 0.894. The molecule has 0 saturated carbocycles. The molecule has 2 heteroatoms.